The quantitative estimate of drug-likeness (QED) is 0.856. The summed E-state index contributed by atoms with van der Waals surface area (Å²) in [6.07, 6.45) is 1.71. The molecular formula is C15H16F2N2O3. The number of aliphatic hydroxyl groups excluding tert-OH is 1. The molecule has 1 heterocycles. The number of nitrogens with zero attached hydrogens (tertiary/aromatic N) is 1. The first-order valence-corrected chi connectivity index (χ1v) is 6.80. The molecule has 1 amide bonds. The summed E-state index contributed by atoms with van der Waals surface area (Å²) >= 11 is 0. The van der Waals surface area contributed by atoms with Crippen LogP contribution in [0.25, 0.3) is 11.3 Å². The lowest BCUT2D eigenvalue weighted by Crippen LogP contribution is -2.35. The van der Waals surface area contributed by atoms with Crippen molar-refractivity contribution in [1.82, 2.24) is 10.3 Å². The highest BCUT2D eigenvalue weighted by molar-refractivity contribution is 5.76. The Balaban J connectivity index is 1.98. The number of aromatic nitrogens is 1. The third kappa shape index (κ3) is 4.11. The number of aryl methyl sites for hydroxylation is 1. The molecule has 0 aliphatic rings. The largest absolute Gasteiger partial charge is 0.441 e. The van der Waals surface area contributed by atoms with Gasteiger partial charge in [-0.05, 0) is 19.1 Å². The van der Waals surface area contributed by atoms with Crippen molar-refractivity contribution in [3.05, 3.63) is 41.9 Å². The van der Waals surface area contributed by atoms with Crippen LogP contribution < -0.4 is 5.32 Å². The molecule has 1 aromatic carbocycles. The second-order valence-corrected chi connectivity index (χ2v) is 4.89. The summed E-state index contributed by atoms with van der Waals surface area (Å²) in [4.78, 5) is 15.5. The van der Waals surface area contributed by atoms with E-state index in [0.717, 1.165) is 12.1 Å². The Bertz CT molecular complexity index is 658. The summed E-state index contributed by atoms with van der Waals surface area (Å²) < 4.78 is 31.9. The lowest BCUT2D eigenvalue weighted by Gasteiger charge is -2.09. The van der Waals surface area contributed by atoms with Crippen LogP contribution >= 0.6 is 0 Å². The van der Waals surface area contributed by atoms with Gasteiger partial charge < -0.3 is 14.8 Å². The molecule has 0 radical (unpaired) electrons. The van der Waals surface area contributed by atoms with Crippen molar-refractivity contribution in [2.75, 3.05) is 6.61 Å². The summed E-state index contributed by atoms with van der Waals surface area (Å²) in [5.41, 5.74) is 0.110. The highest BCUT2D eigenvalue weighted by Crippen LogP contribution is 2.24. The summed E-state index contributed by atoms with van der Waals surface area (Å²) in [6.45, 7) is 1.54. The van der Waals surface area contributed by atoms with Gasteiger partial charge in [0, 0.05) is 24.9 Å². The number of amides is 1. The lowest BCUT2D eigenvalue weighted by atomic mass is 10.2. The molecule has 1 unspecified atom stereocenters. The van der Waals surface area contributed by atoms with Crippen LogP contribution in [0.15, 0.2) is 28.8 Å². The molecule has 0 bridgehead atoms. The molecule has 0 saturated carbocycles. The Morgan fingerprint density at radius 3 is 2.91 bits per heavy atom. The van der Waals surface area contributed by atoms with Crippen molar-refractivity contribution >= 4 is 5.91 Å². The topological polar surface area (TPSA) is 75.4 Å². The molecule has 2 aromatic rings. The molecule has 2 N–H and O–H groups in total. The van der Waals surface area contributed by atoms with Gasteiger partial charge in [0.15, 0.2) is 11.7 Å². The van der Waals surface area contributed by atoms with E-state index < -0.39 is 11.6 Å². The number of oxazole rings is 1. The zero-order valence-corrected chi connectivity index (χ0v) is 12.0. The first-order chi connectivity index (χ1) is 10.5. The fourth-order valence-corrected chi connectivity index (χ4v) is 1.85. The minimum Gasteiger partial charge on any atom is -0.441 e. The lowest BCUT2D eigenvalue weighted by molar-refractivity contribution is -0.122. The third-order valence-corrected chi connectivity index (χ3v) is 3.00. The second-order valence-electron chi connectivity index (χ2n) is 4.89. The summed E-state index contributed by atoms with van der Waals surface area (Å²) in [5, 5.41) is 11.4. The Kier molecular flexibility index (Phi) is 5.21. The van der Waals surface area contributed by atoms with Gasteiger partial charge in [-0.25, -0.2) is 13.8 Å². The van der Waals surface area contributed by atoms with E-state index in [0.29, 0.717) is 0 Å². The van der Waals surface area contributed by atoms with E-state index in [1.54, 1.807) is 6.92 Å². The Hall–Kier alpha value is -2.28. The van der Waals surface area contributed by atoms with E-state index in [1.165, 1.54) is 12.3 Å². The normalized spacial score (nSPS) is 12.2. The van der Waals surface area contributed by atoms with Crippen LogP contribution in [-0.2, 0) is 11.2 Å². The van der Waals surface area contributed by atoms with Gasteiger partial charge in [0.05, 0.1) is 18.4 Å². The summed E-state index contributed by atoms with van der Waals surface area (Å²) in [6, 6.07) is 2.84. The van der Waals surface area contributed by atoms with Crippen molar-refractivity contribution in [2.45, 2.75) is 25.8 Å². The Labute approximate surface area is 126 Å². The van der Waals surface area contributed by atoms with Crippen molar-refractivity contribution in [2.24, 2.45) is 0 Å². The SMILES string of the molecule is CC(CO)NC(=O)CCc1ncc(-c2ccc(F)cc2F)o1. The van der Waals surface area contributed by atoms with E-state index in [2.05, 4.69) is 10.3 Å². The third-order valence-electron chi connectivity index (χ3n) is 3.00. The molecule has 1 aromatic heterocycles. The summed E-state index contributed by atoms with van der Waals surface area (Å²) in [7, 11) is 0. The van der Waals surface area contributed by atoms with E-state index >= 15 is 0 Å². The van der Waals surface area contributed by atoms with E-state index in [4.69, 9.17) is 9.52 Å². The molecule has 118 valence electrons. The van der Waals surface area contributed by atoms with Crippen LogP contribution in [0, 0.1) is 11.6 Å². The molecule has 7 heteroatoms. The minimum atomic E-state index is -0.739. The van der Waals surface area contributed by atoms with Gasteiger partial charge in [-0.15, -0.1) is 0 Å². The zero-order valence-electron chi connectivity index (χ0n) is 12.0. The maximum Gasteiger partial charge on any atom is 0.220 e. The highest BCUT2D eigenvalue weighted by atomic mass is 19.1. The molecular weight excluding hydrogens is 294 g/mol. The van der Waals surface area contributed by atoms with Crippen LogP contribution in [0.2, 0.25) is 0 Å². The number of carbonyl (C=O) groups excluding carboxylic acids is 1. The summed E-state index contributed by atoms with van der Waals surface area (Å²) in [5.74, 6) is -1.19. The maximum absolute atomic E-state index is 13.6. The minimum absolute atomic E-state index is 0.110. The molecule has 2 rings (SSSR count). The van der Waals surface area contributed by atoms with E-state index in [-0.39, 0.29) is 48.6 Å². The predicted octanol–water partition coefficient (Wildman–Crippen LogP) is 2.05. The fourth-order valence-electron chi connectivity index (χ4n) is 1.85. The molecule has 0 saturated heterocycles. The predicted molar refractivity (Wildman–Crippen MR) is 74.9 cm³/mol. The molecule has 22 heavy (non-hydrogen) atoms. The van der Waals surface area contributed by atoms with E-state index in [1.807, 2.05) is 0 Å². The molecule has 5 nitrogen and oxygen atoms in total. The number of halogens is 2. The van der Waals surface area contributed by atoms with Gasteiger partial charge in [0.2, 0.25) is 5.91 Å². The van der Waals surface area contributed by atoms with E-state index in [9.17, 15) is 13.6 Å². The monoisotopic (exact) mass is 310 g/mol. The van der Waals surface area contributed by atoms with Crippen LogP contribution in [0.4, 0.5) is 8.78 Å². The molecule has 0 fully saturated rings. The molecule has 0 aliphatic carbocycles. The fraction of sp³-hybridized carbons (Fsp3) is 0.333. The van der Waals surface area contributed by atoms with Gasteiger partial charge in [0.1, 0.15) is 11.6 Å². The smallest absolute Gasteiger partial charge is 0.220 e. The average Bonchev–Trinajstić information content (AvgIpc) is 2.93. The van der Waals surface area contributed by atoms with Crippen molar-refractivity contribution in [3.8, 4) is 11.3 Å². The second kappa shape index (κ2) is 7.13. The van der Waals surface area contributed by atoms with Crippen molar-refractivity contribution in [1.29, 1.82) is 0 Å². The van der Waals surface area contributed by atoms with Crippen molar-refractivity contribution < 1.29 is 23.1 Å². The number of benzene rings is 1. The van der Waals surface area contributed by atoms with Gasteiger partial charge in [-0.1, -0.05) is 0 Å². The maximum atomic E-state index is 13.6. The van der Waals surface area contributed by atoms with Gasteiger partial charge in [-0.3, -0.25) is 4.79 Å². The molecule has 0 aliphatic heterocycles. The number of hydrogen-bond donors (Lipinski definition) is 2. The van der Waals surface area contributed by atoms with Gasteiger partial charge in [-0.2, -0.15) is 0 Å². The standard InChI is InChI=1S/C15H16F2N2O3/c1-9(8-20)19-14(21)4-5-15-18-7-13(22-15)11-3-2-10(16)6-12(11)17/h2-3,6-7,9,20H,4-5,8H2,1H3,(H,19,21). The Morgan fingerprint density at radius 2 is 2.23 bits per heavy atom. The average molecular weight is 310 g/mol. The van der Waals surface area contributed by atoms with Gasteiger partial charge >= 0.3 is 0 Å². The number of aliphatic hydroxyl groups is 1. The first kappa shape index (κ1) is 16.1. The molecule has 0 spiro atoms. The van der Waals surface area contributed by atoms with Crippen molar-refractivity contribution in [3.63, 3.8) is 0 Å². The van der Waals surface area contributed by atoms with Crippen LogP contribution in [0.3, 0.4) is 0 Å². The zero-order chi connectivity index (χ0) is 16.1. The number of hydrogen-bond acceptors (Lipinski definition) is 4. The molecule has 1 atom stereocenters. The van der Waals surface area contributed by atoms with Gasteiger partial charge in [0.25, 0.3) is 0 Å². The van der Waals surface area contributed by atoms with Crippen LogP contribution in [0.5, 0.6) is 0 Å². The number of rotatable bonds is 6. The first-order valence-electron chi connectivity index (χ1n) is 6.80. The highest BCUT2D eigenvalue weighted by Gasteiger charge is 2.13. The Morgan fingerprint density at radius 1 is 1.45 bits per heavy atom. The van der Waals surface area contributed by atoms with Crippen LogP contribution in [-0.4, -0.2) is 28.6 Å². The van der Waals surface area contributed by atoms with Crippen LogP contribution in [0.1, 0.15) is 19.2 Å². The number of carbonyl (C=O) groups is 1. The number of nitrogens with one attached hydrogen (secondary N) is 1.